The molecule has 70 heavy (non-hydrogen) atoms. The topological polar surface area (TPSA) is 0 Å². The molecule has 0 spiro atoms. The van der Waals surface area contributed by atoms with E-state index in [4.69, 9.17) is 0 Å². The Morgan fingerprint density at radius 2 is 0.457 bits per heavy atom. The average Bonchev–Trinajstić information content (AvgIpc) is 3.96. The number of benzene rings is 11. The van der Waals surface area contributed by atoms with Crippen LogP contribution in [0.5, 0.6) is 0 Å². The Balaban J connectivity index is 1.14. The molecule has 2 aliphatic rings. The molecular weight excluding hydrogens is 841 g/mol. The molecule has 0 aromatic heterocycles. The van der Waals surface area contributed by atoms with Crippen molar-refractivity contribution in [3.05, 3.63) is 305 Å². The molecule has 0 heterocycles. The van der Waals surface area contributed by atoms with Crippen molar-refractivity contribution in [3.8, 4) is 44.5 Å². The number of rotatable bonds is 8. The van der Waals surface area contributed by atoms with Gasteiger partial charge in [-0.3, -0.25) is 0 Å². The molecule has 0 amide bonds. The minimum absolute atomic E-state index is 1.20. The summed E-state index contributed by atoms with van der Waals surface area (Å²) >= 11 is 0. The molecular formula is C70H48. The summed E-state index contributed by atoms with van der Waals surface area (Å²) < 4.78 is 0. The van der Waals surface area contributed by atoms with Gasteiger partial charge in [0, 0.05) is 0 Å². The standard InChI is InChI=1S/C70H48/c1-45-61(51-21-7-3-8-22-51)62(52-23-9-4-10-24-52)46(2)64-63(45)65(55-37-31-49(32-38-55)59-41-35-47-19-15-17-29-57(47)43-59)70-67(54-27-13-6-14-28-54)66(53-25-11-5-12-26-53)68(69(64)70)56-39-33-50(34-40-56)60-42-36-48-20-16-18-30-58(48)44-60/h3-44H,1-2H3. The molecule has 0 radical (unpaired) electrons. The van der Waals surface area contributed by atoms with Crippen molar-refractivity contribution in [2.75, 3.05) is 0 Å². The van der Waals surface area contributed by atoms with Crippen LogP contribution < -0.4 is 0 Å². The van der Waals surface area contributed by atoms with Crippen LogP contribution >= 0.6 is 0 Å². The number of hydrogen-bond donors (Lipinski definition) is 0. The summed E-state index contributed by atoms with van der Waals surface area (Å²) in [4.78, 5) is 0. The van der Waals surface area contributed by atoms with Crippen molar-refractivity contribution < 1.29 is 0 Å². The zero-order valence-corrected chi connectivity index (χ0v) is 39.2. The van der Waals surface area contributed by atoms with Crippen LogP contribution in [0, 0.1) is 13.8 Å². The lowest BCUT2D eigenvalue weighted by Gasteiger charge is -2.24. The lowest BCUT2D eigenvalue weighted by atomic mass is 9.79. The Kier molecular flexibility index (Phi) is 10.1. The summed E-state index contributed by atoms with van der Waals surface area (Å²) in [6, 6.07) is 94.1. The number of allylic oxidation sites excluding steroid dienone is 5. The highest BCUT2D eigenvalue weighted by Gasteiger charge is 2.43. The summed E-state index contributed by atoms with van der Waals surface area (Å²) in [5, 5.41) is 5.00. The van der Waals surface area contributed by atoms with E-state index in [0.29, 0.717) is 0 Å². The highest BCUT2D eigenvalue weighted by atomic mass is 14.4. The third kappa shape index (κ3) is 6.83. The normalized spacial score (nSPS) is 13.1. The fraction of sp³-hybridized carbons (Fsp3) is 0.0286. The van der Waals surface area contributed by atoms with Crippen molar-refractivity contribution in [1.29, 1.82) is 0 Å². The van der Waals surface area contributed by atoms with E-state index in [1.165, 1.54) is 144 Å². The van der Waals surface area contributed by atoms with Crippen molar-refractivity contribution in [3.63, 3.8) is 0 Å². The Morgan fingerprint density at radius 1 is 0.171 bits per heavy atom. The first-order chi connectivity index (χ1) is 34.6. The Hall–Kier alpha value is -8.84. The van der Waals surface area contributed by atoms with Crippen LogP contribution in [-0.2, 0) is 0 Å². The fourth-order valence-electron chi connectivity index (χ4n) is 11.6. The van der Waals surface area contributed by atoms with E-state index < -0.39 is 0 Å². The quantitative estimate of drug-likeness (QED) is 0.143. The predicted octanol–water partition coefficient (Wildman–Crippen LogP) is 18.6. The van der Waals surface area contributed by atoms with E-state index in [2.05, 4.69) is 269 Å². The predicted molar refractivity (Wildman–Crippen MR) is 298 cm³/mol. The van der Waals surface area contributed by atoms with Gasteiger partial charge < -0.3 is 0 Å². The van der Waals surface area contributed by atoms with E-state index in [-0.39, 0.29) is 0 Å². The van der Waals surface area contributed by atoms with E-state index in [0.717, 1.165) is 0 Å². The second-order valence-corrected chi connectivity index (χ2v) is 18.7. The van der Waals surface area contributed by atoms with Gasteiger partial charge in [0.15, 0.2) is 0 Å². The largest absolute Gasteiger partial charge is 0.0622 e. The molecule has 0 unspecified atom stereocenters. The Labute approximate surface area is 410 Å². The van der Waals surface area contributed by atoms with Crippen molar-refractivity contribution >= 4 is 49.4 Å². The second kappa shape index (κ2) is 17.0. The minimum Gasteiger partial charge on any atom is -0.0622 e. The maximum Gasteiger partial charge on any atom is -0.000117 e. The first-order valence-corrected chi connectivity index (χ1v) is 24.4. The van der Waals surface area contributed by atoms with Gasteiger partial charge in [0.1, 0.15) is 0 Å². The number of hydrogen-bond acceptors (Lipinski definition) is 0. The molecule has 11 aromatic rings. The van der Waals surface area contributed by atoms with Gasteiger partial charge in [0.25, 0.3) is 0 Å². The van der Waals surface area contributed by atoms with Crippen LogP contribution in [0.25, 0.3) is 93.9 Å². The number of fused-ring (bicyclic) bond motifs is 5. The van der Waals surface area contributed by atoms with Crippen molar-refractivity contribution in [2.45, 2.75) is 13.8 Å². The van der Waals surface area contributed by atoms with Gasteiger partial charge >= 0.3 is 0 Å². The molecule has 0 saturated heterocycles. The SMILES string of the molecule is Cc1c2c(c(C)c(-c3ccccc3)c1-c1ccccc1)C(c1ccc(-c3ccc4ccccc4c3)cc1)=C1C(c3ccccc3)=C(c3ccccc3)C(c3ccc(-c4ccc5ccccc5c4)cc3)=C12. The van der Waals surface area contributed by atoms with Gasteiger partial charge in [-0.2, -0.15) is 0 Å². The molecule has 0 bridgehead atoms. The fourth-order valence-corrected chi connectivity index (χ4v) is 11.6. The van der Waals surface area contributed by atoms with Crippen molar-refractivity contribution in [2.24, 2.45) is 0 Å². The van der Waals surface area contributed by atoms with Gasteiger partial charge in [0.05, 0.1) is 0 Å². The third-order valence-corrected chi connectivity index (χ3v) is 14.8. The summed E-state index contributed by atoms with van der Waals surface area (Å²) in [5.41, 5.74) is 27.5. The summed E-state index contributed by atoms with van der Waals surface area (Å²) in [7, 11) is 0. The summed E-state index contributed by atoms with van der Waals surface area (Å²) in [6.45, 7) is 4.76. The molecule has 0 saturated carbocycles. The van der Waals surface area contributed by atoms with Crippen LogP contribution in [0.1, 0.15) is 44.5 Å². The molecule has 328 valence electrons. The van der Waals surface area contributed by atoms with E-state index in [1.807, 2.05) is 0 Å². The zero-order valence-electron chi connectivity index (χ0n) is 39.2. The molecule has 0 fully saturated rings. The van der Waals surface area contributed by atoms with Crippen LogP contribution in [0.4, 0.5) is 0 Å². The van der Waals surface area contributed by atoms with Gasteiger partial charge in [0.2, 0.25) is 0 Å². The molecule has 2 aliphatic carbocycles. The maximum atomic E-state index is 2.38. The highest BCUT2D eigenvalue weighted by molar-refractivity contribution is 6.40. The molecule has 0 atom stereocenters. The van der Waals surface area contributed by atoms with Crippen LogP contribution in [0.3, 0.4) is 0 Å². The first-order valence-electron chi connectivity index (χ1n) is 24.4. The zero-order chi connectivity index (χ0) is 46.7. The molecule has 0 aliphatic heterocycles. The van der Waals surface area contributed by atoms with Gasteiger partial charge in [-0.05, 0) is 170 Å². The van der Waals surface area contributed by atoms with E-state index in [1.54, 1.807) is 0 Å². The summed E-state index contributed by atoms with van der Waals surface area (Å²) in [5.74, 6) is 0. The van der Waals surface area contributed by atoms with Crippen LogP contribution in [0.2, 0.25) is 0 Å². The Bertz CT molecular complexity index is 3930. The van der Waals surface area contributed by atoms with Crippen LogP contribution in [0.15, 0.2) is 260 Å². The monoisotopic (exact) mass is 888 g/mol. The molecule has 0 N–H and O–H groups in total. The first kappa shape index (κ1) is 41.4. The molecule has 13 rings (SSSR count). The molecule has 0 nitrogen and oxygen atoms in total. The molecule has 0 heteroatoms. The van der Waals surface area contributed by atoms with Gasteiger partial charge in [-0.25, -0.2) is 0 Å². The second-order valence-electron chi connectivity index (χ2n) is 18.7. The van der Waals surface area contributed by atoms with Gasteiger partial charge in [-0.15, -0.1) is 0 Å². The van der Waals surface area contributed by atoms with Gasteiger partial charge in [-0.1, -0.05) is 243 Å². The van der Waals surface area contributed by atoms with E-state index >= 15 is 0 Å². The highest BCUT2D eigenvalue weighted by Crippen LogP contribution is 2.64. The lowest BCUT2D eigenvalue weighted by molar-refractivity contribution is 1.34. The smallest absolute Gasteiger partial charge is 0.000117 e. The van der Waals surface area contributed by atoms with E-state index in [9.17, 15) is 0 Å². The Morgan fingerprint density at radius 3 is 0.886 bits per heavy atom. The van der Waals surface area contributed by atoms with Crippen molar-refractivity contribution in [1.82, 2.24) is 0 Å². The lowest BCUT2D eigenvalue weighted by Crippen LogP contribution is -2.03. The molecule has 11 aromatic carbocycles. The third-order valence-electron chi connectivity index (χ3n) is 14.8. The maximum absolute atomic E-state index is 2.38. The minimum atomic E-state index is 1.20. The summed E-state index contributed by atoms with van der Waals surface area (Å²) in [6.07, 6.45) is 0. The average molecular weight is 889 g/mol. The van der Waals surface area contributed by atoms with Crippen LogP contribution in [-0.4, -0.2) is 0 Å².